The first-order valence-corrected chi connectivity index (χ1v) is 7.51. The maximum absolute atomic E-state index is 12.2. The number of nitrogens with zero attached hydrogens (tertiary/aromatic N) is 6. The average Bonchev–Trinajstić information content (AvgIpc) is 3.06. The highest BCUT2D eigenvalue weighted by atomic mass is 32.1. The molecule has 23 heavy (non-hydrogen) atoms. The van der Waals surface area contributed by atoms with E-state index in [2.05, 4.69) is 25.6 Å². The molecule has 9 nitrogen and oxygen atoms in total. The van der Waals surface area contributed by atoms with Crippen LogP contribution in [0.25, 0.3) is 11.5 Å². The van der Waals surface area contributed by atoms with Gasteiger partial charge in [-0.15, -0.1) is 15.3 Å². The van der Waals surface area contributed by atoms with Crippen molar-refractivity contribution in [1.82, 2.24) is 29.5 Å². The van der Waals surface area contributed by atoms with E-state index in [1.54, 1.807) is 38.4 Å². The van der Waals surface area contributed by atoms with E-state index in [9.17, 15) is 9.59 Å². The summed E-state index contributed by atoms with van der Waals surface area (Å²) in [7, 11) is 1.59. The van der Waals surface area contributed by atoms with Crippen LogP contribution in [0.4, 0.5) is 5.13 Å². The molecular weight excluding hydrogens is 318 g/mol. The number of anilines is 1. The fourth-order valence-corrected chi connectivity index (χ4v) is 2.56. The van der Waals surface area contributed by atoms with E-state index >= 15 is 0 Å². The first-order valence-electron chi connectivity index (χ1n) is 6.70. The number of carbonyl (C=O) groups excluding carboxylic acids is 1. The molecular formula is C13H13N7O2S. The van der Waals surface area contributed by atoms with Gasteiger partial charge in [-0.25, -0.2) is 9.48 Å². The topological polar surface area (TPSA) is 108 Å². The molecule has 0 unspecified atom stereocenters. The van der Waals surface area contributed by atoms with Crippen molar-refractivity contribution in [3.05, 3.63) is 39.9 Å². The number of amides is 1. The number of hydrogen-bond donors (Lipinski definition) is 1. The Morgan fingerprint density at radius 1 is 1.35 bits per heavy atom. The number of nitrogens with one attached hydrogen (secondary N) is 1. The van der Waals surface area contributed by atoms with E-state index in [1.165, 1.54) is 15.9 Å². The van der Waals surface area contributed by atoms with Crippen LogP contribution < -0.4 is 11.0 Å². The largest absolute Gasteiger partial charge is 0.346 e. The Labute approximate surface area is 134 Å². The number of pyridine rings is 1. The van der Waals surface area contributed by atoms with Crippen LogP contribution in [0.15, 0.2) is 29.2 Å². The quantitative estimate of drug-likeness (QED) is 0.743. The molecule has 0 saturated carbocycles. The SMILES string of the molecule is Cc1nnc(NC(=O)Cn2nc(-c3ccccn3)n(C)c2=O)s1. The van der Waals surface area contributed by atoms with Crippen LogP contribution in [0.1, 0.15) is 5.01 Å². The number of hydrogen-bond acceptors (Lipinski definition) is 7. The van der Waals surface area contributed by atoms with Crippen molar-refractivity contribution in [3.63, 3.8) is 0 Å². The molecule has 0 aliphatic heterocycles. The first-order chi connectivity index (χ1) is 11.0. The van der Waals surface area contributed by atoms with Crippen molar-refractivity contribution < 1.29 is 4.79 Å². The van der Waals surface area contributed by atoms with Crippen LogP contribution >= 0.6 is 11.3 Å². The molecule has 0 atom stereocenters. The molecule has 3 aromatic rings. The van der Waals surface area contributed by atoms with E-state index in [4.69, 9.17) is 0 Å². The lowest BCUT2D eigenvalue weighted by Crippen LogP contribution is -2.29. The normalized spacial score (nSPS) is 10.7. The number of rotatable bonds is 4. The minimum atomic E-state index is -0.395. The van der Waals surface area contributed by atoms with Crippen LogP contribution in [0.3, 0.4) is 0 Å². The van der Waals surface area contributed by atoms with Gasteiger partial charge < -0.3 is 0 Å². The van der Waals surface area contributed by atoms with Gasteiger partial charge in [0.15, 0.2) is 5.82 Å². The first kappa shape index (κ1) is 15.0. The zero-order chi connectivity index (χ0) is 16.4. The fraction of sp³-hybridized carbons (Fsp3) is 0.231. The molecule has 118 valence electrons. The second kappa shape index (κ2) is 6.08. The summed E-state index contributed by atoms with van der Waals surface area (Å²) in [5.41, 5.74) is 0.167. The minimum Gasteiger partial charge on any atom is -0.299 e. The second-order valence-corrected chi connectivity index (χ2v) is 5.89. The third-order valence-corrected chi connectivity index (χ3v) is 3.75. The molecule has 1 amide bonds. The van der Waals surface area contributed by atoms with E-state index in [-0.39, 0.29) is 6.54 Å². The Morgan fingerprint density at radius 3 is 2.83 bits per heavy atom. The zero-order valence-electron chi connectivity index (χ0n) is 12.4. The molecule has 0 saturated heterocycles. The molecule has 3 rings (SSSR count). The van der Waals surface area contributed by atoms with Crippen LogP contribution in [-0.2, 0) is 18.4 Å². The molecule has 3 heterocycles. The molecule has 0 spiro atoms. The summed E-state index contributed by atoms with van der Waals surface area (Å²) in [6.07, 6.45) is 1.61. The maximum Gasteiger partial charge on any atom is 0.346 e. The lowest BCUT2D eigenvalue weighted by atomic mass is 10.3. The third kappa shape index (κ3) is 3.16. The maximum atomic E-state index is 12.2. The minimum absolute atomic E-state index is 0.210. The van der Waals surface area contributed by atoms with Crippen molar-refractivity contribution in [3.8, 4) is 11.5 Å². The van der Waals surface area contributed by atoms with Crippen molar-refractivity contribution in [2.75, 3.05) is 5.32 Å². The lowest BCUT2D eigenvalue weighted by molar-refractivity contribution is -0.117. The van der Waals surface area contributed by atoms with Gasteiger partial charge >= 0.3 is 5.69 Å². The van der Waals surface area contributed by atoms with E-state index < -0.39 is 11.6 Å². The Hall–Kier alpha value is -2.88. The molecule has 10 heteroatoms. The summed E-state index contributed by atoms with van der Waals surface area (Å²) >= 11 is 1.26. The highest BCUT2D eigenvalue weighted by molar-refractivity contribution is 7.15. The Kier molecular flexibility index (Phi) is 3.98. The van der Waals surface area contributed by atoms with Gasteiger partial charge in [-0.3, -0.25) is 19.7 Å². The summed E-state index contributed by atoms with van der Waals surface area (Å²) in [6.45, 7) is 1.58. The summed E-state index contributed by atoms with van der Waals surface area (Å²) in [5.74, 6) is 0.00378. The van der Waals surface area contributed by atoms with Gasteiger partial charge in [-0.2, -0.15) is 0 Å². The standard InChI is InChI=1S/C13H13N7O2S/c1-8-16-17-12(23-8)15-10(21)7-20-13(22)19(2)11(18-20)9-5-3-4-6-14-9/h3-6H,7H2,1-2H3,(H,15,17,21). The smallest absolute Gasteiger partial charge is 0.299 e. The molecule has 0 bridgehead atoms. The van der Waals surface area contributed by atoms with E-state index in [1.807, 2.05) is 0 Å². The van der Waals surface area contributed by atoms with Crippen LogP contribution in [0.5, 0.6) is 0 Å². The summed E-state index contributed by atoms with van der Waals surface area (Å²) in [5, 5.41) is 15.5. The predicted octanol–water partition coefficient (Wildman–Crippen LogP) is 0.442. The van der Waals surface area contributed by atoms with Gasteiger partial charge in [0, 0.05) is 13.2 Å². The average molecular weight is 331 g/mol. The molecule has 0 aromatic carbocycles. The molecule has 0 aliphatic rings. The summed E-state index contributed by atoms with van der Waals surface area (Å²) in [6, 6.07) is 5.32. The van der Waals surface area contributed by atoms with Crippen molar-refractivity contribution in [1.29, 1.82) is 0 Å². The van der Waals surface area contributed by atoms with Gasteiger partial charge in [-0.1, -0.05) is 17.4 Å². The van der Waals surface area contributed by atoms with Crippen molar-refractivity contribution in [2.45, 2.75) is 13.5 Å². The van der Waals surface area contributed by atoms with Gasteiger partial charge in [-0.05, 0) is 19.1 Å². The third-order valence-electron chi connectivity index (χ3n) is 3.00. The van der Waals surface area contributed by atoms with Crippen molar-refractivity contribution in [2.24, 2.45) is 7.05 Å². The number of aryl methyl sites for hydroxylation is 1. The Morgan fingerprint density at radius 2 is 2.17 bits per heavy atom. The summed E-state index contributed by atoms with van der Waals surface area (Å²) < 4.78 is 2.44. The van der Waals surface area contributed by atoms with Gasteiger partial charge in [0.1, 0.15) is 17.2 Å². The highest BCUT2D eigenvalue weighted by Gasteiger charge is 2.16. The van der Waals surface area contributed by atoms with E-state index in [0.29, 0.717) is 16.6 Å². The van der Waals surface area contributed by atoms with Crippen molar-refractivity contribution >= 4 is 22.4 Å². The van der Waals surface area contributed by atoms with Crippen LogP contribution in [-0.4, -0.2) is 35.4 Å². The lowest BCUT2D eigenvalue weighted by Gasteiger charge is -1.99. The Balaban J connectivity index is 1.81. The summed E-state index contributed by atoms with van der Waals surface area (Å²) in [4.78, 5) is 28.3. The second-order valence-electron chi connectivity index (χ2n) is 4.71. The highest BCUT2D eigenvalue weighted by Crippen LogP contribution is 2.13. The van der Waals surface area contributed by atoms with Crippen LogP contribution in [0, 0.1) is 6.92 Å². The van der Waals surface area contributed by atoms with Gasteiger partial charge in [0.25, 0.3) is 0 Å². The van der Waals surface area contributed by atoms with Crippen LogP contribution in [0.2, 0.25) is 0 Å². The predicted molar refractivity (Wildman–Crippen MR) is 84.0 cm³/mol. The molecule has 3 aromatic heterocycles. The molecule has 1 N–H and O–H groups in total. The van der Waals surface area contributed by atoms with Gasteiger partial charge in [0.05, 0.1) is 0 Å². The molecule has 0 fully saturated rings. The Bertz CT molecular complexity index is 897. The monoisotopic (exact) mass is 331 g/mol. The molecule has 0 aliphatic carbocycles. The fourth-order valence-electron chi connectivity index (χ4n) is 1.95. The number of carbonyl (C=O) groups is 1. The molecule has 0 radical (unpaired) electrons. The zero-order valence-corrected chi connectivity index (χ0v) is 13.2. The van der Waals surface area contributed by atoms with Gasteiger partial charge in [0.2, 0.25) is 11.0 Å². The number of aromatic nitrogens is 6. The van der Waals surface area contributed by atoms with E-state index in [0.717, 1.165) is 9.69 Å².